The van der Waals surface area contributed by atoms with E-state index in [2.05, 4.69) is 10.4 Å². The fourth-order valence-corrected chi connectivity index (χ4v) is 3.27. The maximum absolute atomic E-state index is 11.8. The van der Waals surface area contributed by atoms with Crippen molar-refractivity contribution in [1.82, 2.24) is 15.1 Å². The summed E-state index contributed by atoms with van der Waals surface area (Å²) in [6.45, 7) is 0.766. The van der Waals surface area contributed by atoms with Crippen molar-refractivity contribution in [3.63, 3.8) is 0 Å². The Morgan fingerprint density at radius 2 is 2.23 bits per heavy atom. The summed E-state index contributed by atoms with van der Waals surface area (Å²) in [5.74, 6) is -0.0874. The molecule has 1 atom stereocenters. The zero-order valence-electron chi connectivity index (χ0n) is 12.0. The molecule has 0 spiro atoms. The molecule has 0 bridgehead atoms. The molecule has 6 heteroatoms. The van der Waals surface area contributed by atoms with Crippen LogP contribution in [-0.4, -0.2) is 27.3 Å². The first-order valence-electron chi connectivity index (χ1n) is 7.13. The molecule has 114 valence electrons. The summed E-state index contributed by atoms with van der Waals surface area (Å²) < 4.78 is 2.85. The number of nitrogens with one attached hydrogen (secondary N) is 1. The molecule has 1 aromatic carbocycles. The standard InChI is InChI=1S/C16H17N3O2S/c20-13(15-10-12-4-1-2-5-14(12)22-15)11-17-16(21)6-9-19-8-3-7-18-19/h1-5,7-8,10,13,20H,6,9,11H2,(H,17,21). The Morgan fingerprint density at radius 3 is 3.00 bits per heavy atom. The summed E-state index contributed by atoms with van der Waals surface area (Å²) in [7, 11) is 0. The van der Waals surface area contributed by atoms with Gasteiger partial charge < -0.3 is 10.4 Å². The van der Waals surface area contributed by atoms with Crippen LogP contribution < -0.4 is 5.32 Å². The lowest BCUT2D eigenvalue weighted by Gasteiger charge is -2.10. The van der Waals surface area contributed by atoms with Crippen molar-refractivity contribution < 1.29 is 9.90 Å². The molecule has 0 radical (unpaired) electrons. The highest BCUT2D eigenvalue weighted by molar-refractivity contribution is 7.19. The van der Waals surface area contributed by atoms with Crippen LogP contribution in [0.2, 0.25) is 0 Å². The average molecular weight is 315 g/mol. The van der Waals surface area contributed by atoms with Gasteiger partial charge >= 0.3 is 0 Å². The van der Waals surface area contributed by atoms with Crippen LogP contribution in [0.15, 0.2) is 48.8 Å². The van der Waals surface area contributed by atoms with Crippen molar-refractivity contribution >= 4 is 27.3 Å². The van der Waals surface area contributed by atoms with Gasteiger partial charge in [-0.3, -0.25) is 9.48 Å². The number of aliphatic hydroxyl groups excluding tert-OH is 1. The molecule has 0 aliphatic rings. The van der Waals surface area contributed by atoms with Gasteiger partial charge in [-0.2, -0.15) is 5.10 Å². The number of fused-ring (bicyclic) bond motifs is 1. The predicted molar refractivity (Wildman–Crippen MR) is 86.6 cm³/mol. The van der Waals surface area contributed by atoms with Crippen molar-refractivity contribution in [2.45, 2.75) is 19.1 Å². The van der Waals surface area contributed by atoms with Crippen molar-refractivity contribution in [3.8, 4) is 0 Å². The van der Waals surface area contributed by atoms with E-state index in [9.17, 15) is 9.90 Å². The minimum atomic E-state index is -0.675. The van der Waals surface area contributed by atoms with Crippen LogP contribution >= 0.6 is 11.3 Å². The van der Waals surface area contributed by atoms with Crippen molar-refractivity contribution in [1.29, 1.82) is 0 Å². The summed E-state index contributed by atoms with van der Waals surface area (Å²) in [5, 5.41) is 18.1. The van der Waals surface area contributed by atoms with Crippen molar-refractivity contribution in [3.05, 3.63) is 53.7 Å². The molecule has 0 saturated heterocycles. The highest BCUT2D eigenvalue weighted by Gasteiger charge is 2.12. The van der Waals surface area contributed by atoms with E-state index >= 15 is 0 Å². The second kappa shape index (κ2) is 6.72. The molecule has 5 nitrogen and oxygen atoms in total. The summed E-state index contributed by atoms with van der Waals surface area (Å²) in [5.41, 5.74) is 0. The van der Waals surface area contributed by atoms with E-state index in [0.29, 0.717) is 13.0 Å². The van der Waals surface area contributed by atoms with Gasteiger partial charge in [0.2, 0.25) is 5.91 Å². The molecule has 2 N–H and O–H groups in total. The molecular weight excluding hydrogens is 298 g/mol. The Bertz CT molecular complexity index is 719. The Morgan fingerprint density at radius 1 is 1.36 bits per heavy atom. The number of hydrogen-bond donors (Lipinski definition) is 2. The van der Waals surface area contributed by atoms with E-state index in [0.717, 1.165) is 15.0 Å². The van der Waals surface area contributed by atoms with Crippen LogP contribution in [0.25, 0.3) is 10.1 Å². The zero-order valence-corrected chi connectivity index (χ0v) is 12.8. The van der Waals surface area contributed by atoms with Crippen LogP contribution in [0.5, 0.6) is 0 Å². The van der Waals surface area contributed by atoms with Gasteiger partial charge in [0.15, 0.2) is 0 Å². The summed E-state index contributed by atoms with van der Waals surface area (Å²) in [6.07, 6.45) is 3.18. The van der Waals surface area contributed by atoms with E-state index in [1.54, 1.807) is 22.2 Å². The Kier molecular flexibility index (Phi) is 4.50. The number of carbonyl (C=O) groups is 1. The van der Waals surface area contributed by atoms with Crippen LogP contribution in [0.3, 0.4) is 0 Å². The van der Waals surface area contributed by atoms with E-state index in [1.165, 1.54) is 0 Å². The molecule has 0 fully saturated rings. The minimum absolute atomic E-state index is 0.0874. The lowest BCUT2D eigenvalue weighted by Crippen LogP contribution is -2.28. The smallest absolute Gasteiger partial charge is 0.221 e. The van der Waals surface area contributed by atoms with E-state index in [4.69, 9.17) is 0 Å². The van der Waals surface area contributed by atoms with Gasteiger partial charge in [0, 0.05) is 41.5 Å². The van der Waals surface area contributed by atoms with E-state index in [-0.39, 0.29) is 12.5 Å². The molecule has 3 rings (SSSR count). The Hall–Kier alpha value is -2.18. The lowest BCUT2D eigenvalue weighted by molar-refractivity contribution is -0.121. The van der Waals surface area contributed by atoms with Gasteiger partial charge in [-0.25, -0.2) is 0 Å². The number of benzene rings is 1. The van der Waals surface area contributed by atoms with E-state index < -0.39 is 6.10 Å². The highest BCUT2D eigenvalue weighted by atomic mass is 32.1. The fraction of sp³-hybridized carbons (Fsp3) is 0.250. The minimum Gasteiger partial charge on any atom is -0.386 e. The monoisotopic (exact) mass is 315 g/mol. The fourth-order valence-electron chi connectivity index (χ4n) is 2.21. The molecular formula is C16H17N3O2S. The number of aryl methyl sites for hydroxylation is 1. The number of amides is 1. The molecule has 3 aromatic rings. The molecule has 1 amide bonds. The summed E-state index contributed by atoms with van der Waals surface area (Å²) in [6, 6.07) is 11.8. The van der Waals surface area contributed by atoms with Crippen molar-refractivity contribution in [2.75, 3.05) is 6.54 Å². The van der Waals surface area contributed by atoms with Crippen molar-refractivity contribution in [2.24, 2.45) is 0 Å². The summed E-state index contributed by atoms with van der Waals surface area (Å²) >= 11 is 1.55. The molecule has 0 aliphatic heterocycles. The predicted octanol–water partition coefficient (Wildman–Crippen LogP) is 2.34. The maximum atomic E-state index is 11.8. The van der Waals surface area contributed by atoms with Gasteiger partial charge in [-0.1, -0.05) is 18.2 Å². The van der Waals surface area contributed by atoms with Gasteiger partial charge in [-0.15, -0.1) is 11.3 Å². The largest absolute Gasteiger partial charge is 0.386 e. The average Bonchev–Trinajstić information content (AvgIpc) is 3.19. The number of hydrogen-bond acceptors (Lipinski definition) is 4. The zero-order chi connectivity index (χ0) is 15.4. The van der Waals surface area contributed by atoms with Gasteiger partial charge in [-0.05, 0) is 23.6 Å². The van der Waals surface area contributed by atoms with E-state index in [1.807, 2.05) is 42.6 Å². The van der Waals surface area contributed by atoms with Crippen LogP contribution in [0.1, 0.15) is 17.4 Å². The second-order valence-corrected chi connectivity index (χ2v) is 6.14. The number of rotatable bonds is 6. The SMILES string of the molecule is O=C(CCn1cccn1)NCC(O)c1cc2ccccc2s1. The molecule has 2 aromatic heterocycles. The van der Waals surface area contributed by atoms with Crippen LogP contribution in [0, 0.1) is 0 Å². The van der Waals surface area contributed by atoms with Crippen LogP contribution in [0.4, 0.5) is 0 Å². The molecule has 2 heterocycles. The Labute approximate surface area is 132 Å². The third-order valence-electron chi connectivity index (χ3n) is 3.39. The molecule has 1 unspecified atom stereocenters. The highest BCUT2D eigenvalue weighted by Crippen LogP contribution is 2.29. The normalized spacial score (nSPS) is 12.4. The number of nitrogens with zero attached hydrogens (tertiary/aromatic N) is 2. The third-order valence-corrected chi connectivity index (χ3v) is 4.61. The van der Waals surface area contributed by atoms with Gasteiger partial charge in [0.25, 0.3) is 0 Å². The quantitative estimate of drug-likeness (QED) is 0.734. The molecule has 0 aliphatic carbocycles. The van der Waals surface area contributed by atoms with Gasteiger partial charge in [0.05, 0.1) is 0 Å². The number of aliphatic hydroxyl groups is 1. The number of carbonyl (C=O) groups excluding carboxylic acids is 1. The maximum Gasteiger partial charge on any atom is 0.221 e. The second-order valence-electron chi connectivity index (χ2n) is 5.03. The number of aromatic nitrogens is 2. The first-order valence-corrected chi connectivity index (χ1v) is 7.95. The first-order chi connectivity index (χ1) is 10.7. The topological polar surface area (TPSA) is 67.2 Å². The number of thiophene rings is 1. The van der Waals surface area contributed by atoms with Crippen LogP contribution in [-0.2, 0) is 11.3 Å². The third kappa shape index (κ3) is 3.52. The Balaban J connectivity index is 1.51. The first kappa shape index (κ1) is 14.7. The molecule has 22 heavy (non-hydrogen) atoms. The van der Waals surface area contributed by atoms with Gasteiger partial charge in [0.1, 0.15) is 6.10 Å². The lowest BCUT2D eigenvalue weighted by atomic mass is 10.2. The summed E-state index contributed by atoms with van der Waals surface area (Å²) in [4.78, 5) is 12.7. The molecule has 0 saturated carbocycles.